The third kappa shape index (κ3) is 4.36. The Morgan fingerprint density at radius 2 is 2.29 bits per heavy atom. The van der Waals surface area contributed by atoms with Crippen molar-refractivity contribution in [3.05, 3.63) is 28.2 Å². The van der Waals surface area contributed by atoms with Crippen molar-refractivity contribution in [2.45, 2.75) is 20.0 Å². The molecule has 0 saturated carbocycles. The Kier molecular flexibility index (Phi) is 5.44. The number of aryl methyl sites for hydroxylation is 1. The van der Waals surface area contributed by atoms with Crippen molar-refractivity contribution < 1.29 is 9.53 Å². The topological polar surface area (TPSA) is 64.3 Å². The Labute approximate surface area is 110 Å². The molecule has 1 aromatic rings. The lowest BCUT2D eigenvalue weighted by atomic mass is 10.2. The first-order valence-electron chi connectivity index (χ1n) is 5.45. The van der Waals surface area contributed by atoms with E-state index in [0.717, 1.165) is 10.0 Å². The second-order valence-electron chi connectivity index (χ2n) is 3.77. The molecule has 0 saturated heterocycles. The number of amides is 1. The second kappa shape index (κ2) is 6.61. The molecule has 4 nitrogen and oxygen atoms in total. The molecule has 1 unspecified atom stereocenters. The van der Waals surface area contributed by atoms with E-state index in [1.807, 2.05) is 25.1 Å². The minimum Gasteiger partial charge on any atom is -0.480 e. The Bertz CT molecular complexity index is 396. The summed E-state index contributed by atoms with van der Waals surface area (Å²) in [6.07, 6.45) is -0.541. The first-order chi connectivity index (χ1) is 8.04. The molecule has 0 aromatic heterocycles. The predicted molar refractivity (Wildman–Crippen MR) is 71.0 cm³/mol. The van der Waals surface area contributed by atoms with E-state index in [1.54, 1.807) is 6.92 Å². The third-order valence-corrected chi connectivity index (χ3v) is 2.82. The van der Waals surface area contributed by atoms with Gasteiger partial charge >= 0.3 is 0 Å². The number of carbonyl (C=O) groups excluding carboxylic acids is 1. The van der Waals surface area contributed by atoms with Crippen molar-refractivity contribution in [2.75, 3.05) is 13.1 Å². The Morgan fingerprint density at radius 3 is 2.88 bits per heavy atom. The van der Waals surface area contributed by atoms with Crippen molar-refractivity contribution in [3.63, 3.8) is 0 Å². The van der Waals surface area contributed by atoms with Crippen LogP contribution >= 0.6 is 15.9 Å². The molecule has 0 aliphatic carbocycles. The van der Waals surface area contributed by atoms with Gasteiger partial charge in [0, 0.05) is 13.1 Å². The summed E-state index contributed by atoms with van der Waals surface area (Å²) in [5.41, 5.74) is 6.44. The maximum atomic E-state index is 11.6. The van der Waals surface area contributed by atoms with Crippen molar-refractivity contribution in [2.24, 2.45) is 5.73 Å². The van der Waals surface area contributed by atoms with Crippen LogP contribution in [-0.4, -0.2) is 25.1 Å². The monoisotopic (exact) mass is 300 g/mol. The normalized spacial score (nSPS) is 12.0. The summed E-state index contributed by atoms with van der Waals surface area (Å²) in [5, 5.41) is 2.68. The molecule has 5 heteroatoms. The lowest BCUT2D eigenvalue weighted by molar-refractivity contribution is -0.127. The van der Waals surface area contributed by atoms with Gasteiger partial charge in [0.25, 0.3) is 5.91 Å². The molecule has 0 spiro atoms. The summed E-state index contributed by atoms with van der Waals surface area (Å²) in [4.78, 5) is 11.6. The first kappa shape index (κ1) is 14.0. The van der Waals surface area contributed by atoms with Gasteiger partial charge in [0.2, 0.25) is 0 Å². The molecule has 0 heterocycles. The number of benzene rings is 1. The number of rotatable bonds is 5. The lowest BCUT2D eigenvalue weighted by Crippen LogP contribution is -2.38. The van der Waals surface area contributed by atoms with Crippen LogP contribution in [-0.2, 0) is 4.79 Å². The maximum Gasteiger partial charge on any atom is 0.260 e. The molecule has 1 rings (SSSR count). The van der Waals surface area contributed by atoms with E-state index in [-0.39, 0.29) is 5.91 Å². The van der Waals surface area contributed by atoms with Crippen LogP contribution < -0.4 is 15.8 Å². The Balaban J connectivity index is 2.61. The molecule has 1 amide bonds. The molecule has 1 atom stereocenters. The van der Waals surface area contributed by atoms with E-state index in [2.05, 4.69) is 21.2 Å². The number of hydrogen-bond acceptors (Lipinski definition) is 3. The van der Waals surface area contributed by atoms with Gasteiger partial charge in [-0.15, -0.1) is 0 Å². The van der Waals surface area contributed by atoms with Crippen molar-refractivity contribution in [3.8, 4) is 5.75 Å². The molecule has 1 aromatic carbocycles. The zero-order chi connectivity index (χ0) is 12.8. The highest BCUT2D eigenvalue weighted by atomic mass is 79.9. The van der Waals surface area contributed by atoms with Crippen LogP contribution in [0.3, 0.4) is 0 Å². The molecule has 0 aliphatic rings. The SMILES string of the molecule is Cc1ccc(OC(C)C(=O)NCCN)c(Br)c1. The first-order valence-corrected chi connectivity index (χ1v) is 6.24. The average Bonchev–Trinajstić information content (AvgIpc) is 2.29. The molecule has 0 bridgehead atoms. The van der Waals surface area contributed by atoms with Crippen LogP contribution in [0.5, 0.6) is 5.75 Å². The van der Waals surface area contributed by atoms with Crippen LogP contribution in [0.25, 0.3) is 0 Å². The van der Waals surface area contributed by atoms with Crippen molar-refractivity contribution in [1.82, 2.24) is 5.32 Å². The fourth-order valence-corrected chi connectivity index (χ4v) is 1.87. The molecule has 0 fully saturated rings. The fourth-order valence-electron chi connectivity index (χ4n) is 1.28. The van der Waals surface area contributed by atoms with Gasteiger partial charge in [0.1, 0.15) is 5.75 Å². The molecular formula is C12H17BrN2O2. The van der Waals surface area contributed by atoms with Crippen LogP contribution in [0.1, 0.15) is 12.5 Å². The summed E-state index contributed by atoms with van der Waals surface area (Å²) >= 11 is 3.40. The summed E-state index contributed by atoms with van der Waals surface area (Å²) in [6.45, 7) is 4.58. The molecular weight excluding hydrogens is 284 g/mol. The molecule has 17 heavy (non-hydrogen) atoms. The average molecular weight is 301 g/mol. The number of halogens is 1. The quantitative estimate of drug-likeness (QED) is 0.868. The highest BCUT2D eigenvalue weighted by Crippen LogP contribution is 2.26. The van der Waals surface area contributed by atoms with E-state index >= 15 is 0 Å². The number of nitrogens with one attached hydrogen (secondary N) is 1. The second-order valence-corrected chi connectivity index (χ2v) is 4.63. The number of nitrogens with two attached hydrogens (primary N) is 1. The van der Waals surface area contributed by atoms with Crippen molar-refractivity contribution in [1.29, 1.82) is 0 Å². The highest BCUT2D eigenvalue weighted by Gasteiger charge is 2.15. The number of hydrogen-bond donors (Lipinski definition) is 2. The zero-order valence-electron chi connectivity index (χ0n) is 10.00. The van der Waals surface area contributed by atoms with Gasteiger partial charge in [-0.3, -0.25) is 4.79 Å². The number of carbonyl (C=O) groups is 1. The Hall–Kier alpha value is -1.07. The van der Waals surface area contributed by atoms with E-state index in [4.69, 9.17) is 10.5 Å². The maximum absolute atomic E-state index is 11.6. The molecule has 0 aliphatic heterocycles. The zero-order valence-corrected chi connectivity index (χ0v) is 11.6. The minimum atomic E-state index is -0.541. The van der Waals surface area contributed by atoms with E-state index in [1.165, 1.54) is 0 Å². The summed E-state index contributed by atoms with van der Waals surface area (Å²) < 4.78 is 6.40. The lowest BCUT2D eigenvalue weighted by Gasteiger charge is -2.15. The van der Waals surface area contributed by atoms with E-state index in [9.17, 15) is 4.79 Å². The van der Waals surface area contributed by atoms with Gasteiger partial charge in [-0.25, -0.2) is 0 Å². The summed E-state index contributed by atoms with van der Waals surface area (Å²) in [7, 11) is 0. The highest BCUT2D eigenvalue weighted by molar-refractivity contribution is 9.10. The van der Waals surface area contributed by atoms with Crippen LogP contribution in [0, 0.1) is 6.92 Å². The van der Waals surface area contributed by atoms with Gasteiger partial charge in [-0.2, -0.15) is 0 Å². The number of ether oxygens (including phenoxy) is 1. The van der Waals surface area contributed by atoms with Crippen LogP contribution in [0.2, 0.25) is 0 Å². The Morgan fingerprint density at radius 1 is 1.59 bits per heavy atom. The van der Waals surface area contributed by atoms with Gasteiger partial charge in [0.15, 0.2) is 6.10 Å². The predicted octanol–water partition coefficient (Wildman–Crippen LogP) is 1.60. The minimum absolute atomic E-state index is 0.164. The smallest absolute Gasteiger partial charge is 0.260 e. The van der Waals surface area contributed by atoms with Crippen molar-refractivity contribution >= 4 is 21.8 Å². The standard InChI is InChI=1S/C12H17BrN2O2/c1-8-3-4-11(10(13)7-8)17-9(2)12(16)15-6-5-14/h3-4,7,9H,5-6,14H2,1-2H3,(H,15,16). The van der Waals surface area contributed by atoms with E-state index in [0.29, 0.717) is 18.8 Å². The molecule has 0 radical (unpaired) electrons. The van der Waals surface area contributed by atoms with Gasteiger partial charge in [-0.1, -0.05) is 6.07 Å². The van der Waals surface area contributed by atoms with E-state index < -0.39 is 6.10 Å². The largest absolute Gasteiger partial charge is 0.480 e. The van der Waals surface area contributed by atoms with Crippen LogP contribution in [0.15, 0.2) is 22.7 Å². The fraction of sp³-hybridized carbons (Fsp3) is 0.417. The van der Waals surface area contributed by atoms with Gasteiger partial charge in [0.05, 0.1) is 4.47 Å². The third-order valence-electron chi connectivity index (χ3n) is 2.20. The van der Waals surface area contributed by atoms with Gasteiger partial charge in [-0.05, 0) is 47.5 Å². The summed E-state index contributed by atoms with van der Waals surface area (Å²) in [5.74, 6) is 0.494. The summed E-state index contributed by atoms with van der Waals surface area (Å²) in [6, 6.07) is 5.72. The molecule has 94 valence electrons. The van der Waals surface area contributed by atoms with Crippen LogP contribution in [0.4, 0.5) is 0 Å². The van der Waals surface area contributed by atoms with Gasteiger partial charge < -0.3 is 15.8 Å². The molecule has 3 N–H and O–H groups in total.